The quantitative estimate of drug-likeness (QED) is 0.852. The summed E-state index contributed by atoms with van der Waals surface area (Å²) in [4.78, 5) is 1.92. The average Bonchev–Trinajstić information content (AvgIpc) is 2.35. The Balaban J connectivity index is 2.97. The minimum Gasteiger partial charge on any atom is -0.492 e. The highest BCUT2D eigenvalue weighted by Crippen LogP contribution is 2.34. The topological polar surface area (TPSA) is 36.3 Å². The van der Waals surface area contributed by atoms with Gasteiger partial charge in [0.2, 0.25) is 0 Å². The Morgan fingerprint density at radius 1 is 1.25 bits per heavy atom. The molecule has 110 valence electrons. The molecule has 3 nitrogen and oxygen atoms in total. The van der Waals surface area contributed by atoms with Gasteiger partial charge in [-0.25, -0.2) is 0 Å². The SMILES string of the molecule is CN(C)C(C)(C)COc1ccc(C#N)c(C(F)(F)F)c1. The van der Waals surface area contributed by atoms with Crippen LogP contribution in [0.25, 0.3) is 0 Å². The van der Waals surface area contributed by atoms with E-state index in [1.54, 1.807) is 0 Å². The van der Waals surface area contributed by atoms with E-state index < -0.39 is 17.3 Å². The van der Waals surface area contributed by atoms with Gasteiger partial charge in [0, 0.05) is 5.54 Å². The molecular weight excluding hydrogens is 269 g/mol. The Kier molecular flexibility index (Phi) is 4.66. The summed E-state index contributed by atoms with van der Waals surface area (Å²) in [5, 5.41) is 8.71. The summed E-state index contributed by atoms with van der Waals surface area (Å²) < 4.78 is 43.8. The van der Waals surface area contributed by atoms with Crippen LogP contribution in [0.4, 0.5) is 13.2 Å². The zero-order valence-corrected chi connectivity index (χ0v) is 11.9. The van der Waals surface area contributed by atoms with Gasteiger partial charge in [-0.15, -0.1) is 0 Å². The zero-order chi connectivity index (χ0) is 15.6. The van der Waals surface area contributed by atoms with Crippen molar-refractivity contribution in [3.63, 3.8) is 0 Å². The molecule has 0 heterocycles. The van der Waals surface area contributed by atoms with Crippen molar-refractivity contribution in [2.75, 3.05) is 20.7 Å². The molecule has 0 N–H and O–H groups in total. The molecule has 0 saturated carbocycles. The van der Waals surface area contributed by atoms with Crippen molar-refractivity contribution in [2.24, 2.45) is 0 Å². The first kappa shape index (κ1) is 16.3. The number of hydrogen-bond acceptors (Lipinski definition) is 3. The number of halogens is 3. The molecule has 0 spiro atoms. The molecule has 1 rings (SSSR count). The molecule has 0 aliphatic rings. The third-order valence-corrected chi connectivity index (χ3v) is 3.22. The van der Waals surface area contributed by atoms with Crippen LogP contribution in [0.1, 0.15) is 25.0 Å². The number of rotatable bonds is 4. The zero-order valence-electron chi connectivity index (χ0n) is 11.9. The summed E-state index contributed by atoms with van der Waals surface area (Å²) in [6.07, 6.45) is -4.57. The lowest BCUT2D eigenvalue weighted by atomic mass is 10.1. The van der Waals surface area contributed by atoms with Crippen molar-refractivity contribution in [1.29, 1.82) is 5.26 Å². The van der Waals surface area contributed by atoms with E-state index in [0.717, 1.165) is 12.1 Å². The van der Waals surface area contributed by atoms with Gasteiger partial charge in [0.15, 0.2) is 0 Å². The maximum absolute atomic E-state index is 12.8. The van der Waals surface area contributed by atoms with Gasteiger partial charge in [-0.05, 0) is 46.1 Å². The minimum atomic E-state index is -4.57. The predicted octanol–water partition coefficient (Wildman–Crippen LogP) is 3.30. The van der Waals surface area contributed by atoms with Crippen LogP contribution >= 0.6 is 0 Å². The summed E-state index contributed by atoms with van der Waals surface area (Å²) >= 11 is 0. The fourth-order valence-electron chi connectivity index (χ4n) is 1.33. The Morgan fingerprint density at radius 2 is 1.85 bits per heavy atom. The third kappa shape index (κ3) is 3.87. The van der Waals surface area contributed by atoms with Gasteiger partial charge in [0.25, 0.3) is 0 Å². The van der Waals surface area contributed by atoms with Crippen LogP contribution in [0, 0.1) is 11.3 Å². The highest BCUT2D eigenvalue weighted by Gasteiger charge is 2.34. The van der Waals surface area contributed by atoms with Gasteiger partial charge >= 0.3 is 6.18 Å². The molecule has 0 aliphatic carbocycles. The van der Waals surface area contributed by atoms with Crippen molar-refractivity contribution in [3.05, 3.63) is 29.3 Å². The monoisotopic (exact) mass is 286 g/mol. The first-order valence-corrected chi connectivity index (χ1v) is 5.99. The number of nitriles is 1. The Hall–Kier alpha value is -1.74. The lowest BCUT2D eigenvalue weighted by Crippen LogP contribution is -2.43. The van der Waals surface area contributed by atoms with E-state index in [4.69, 9.17) is 10.00 Å². The van der Waals surface area contributed by atoms with E-state index in [-0.39, 0.29) is 17.9 Å². The van der Waals surface area contributed by atoms with E-state index in [9.17, 15) is 13.2 Å². The number of likely N-dealkylation sites (N-methyl/N-ethyl adjacent to an activating group) is 1. The molecule has 0 radical (unpaired) electrons. The number of hydrogen-bond donors (Lipinski definition) is 0. The van der Waals surface area contributed by atoms with Gasteiger partial charge in [0.05, 0.1) is 17.2 Å². The lowest BCUT2D eigenvalue weighted by Gasteiger charge is -2.32. The van der Waals surface area contributed by atoms with Crippen LogP contribution in [0.2, 0.25) is 0 Å². The first-order valence-electron chi connectivity index (χ1n) is 5.99. The molecule has 0 unspecified atom stereocenters. The van der Waals surface area contributed by atoms with E-state index in [2.05, 4.69) is 0 Å². The predicted molar refractivity (Wildman–Crippen MR) is 69.4 cm³/mol. The van der Waals surface area contributed by atoms with Crippen molar-refractivity contribution >= 4 is 0 Å². The Labute approximate surface area is 116 Å². The van der Waals surface area contributed by atoms with Crippen LogP contribution in [0.15, 0.2) is 18.2 Å². The van der Waals surface area contributed by atoms with E-state index in [1.165, 1.54) is 12.1 Å². The average molecular weight is 286 g/mol. The second kappa shape index (κ2) is 5.71. The van der Waals surface area contributed by atoms with E-state index in [1.807, 2.05) is 32.8 Å². The molecule has 0 aromatic heterocycles. The lowest BCUT2D eigenvalue weighted by molar-refractivity contribution is -0.137. The summed E-state index contributed by atoms with van der Waals surface area (Å²) in [6, 6.07) is 4.90. The molecule has 6 heteroatoms. The van der Waals surface area contributed by atoms with Gasteiger partial charge in [-0.1, -0.05) is 0 Å². The number of nitrogens with zero attached hydrogens (tertiary/aromatic N) is 2. The van der Waals surface area contributed by atoms with Crippen molar-refractivity contribution in [1.82, 2.24) is 4.90 Å². The molecule has 0 amide bonds. The molecule has 1 aromatic rings. The van der Waals surface area contributed by atoms with Crippen LogP contribution in [0.5, 0.6) is 5.75 Å². The van der Waals surface area contributed by atoms with Crippen LogP contribution < -0.4 is 4.74 Å². The summed E-state index contributed by atoms with van der Waals surface area (Å²) in [5.41, 5.74) is -1.69. The fourth-order valence-corrected chi connectivity index (χ4v) is 1.33. The van der Waals surface area contributed by atoms with Gasteiger partial charge in [-0.2, -0.15) is 18.4 Å². The number of ether oxygens (including phenoxy) is 1. The highest BCUT2D eigenvalue weighted by molar-refractivity contribution is 5.44. The summed E-state index contributed by atoms with van der Waals surface area (Å²) in [6.45, 7) is 4.08. The standard InChI is InChI=1S/C14H17F3N2O/c1-13(2,19(3)4)9-20-11-6-5-10(8-18)12(7-11)14(15,16)17/h5-7H,9H2,1-4H3. The molecular formula is C14H17F3N2O. The normalized spacial score (nSPS) is 12.3. The van der Waals surface area contributed by atoms with Crippen LogP contribution in [-0.2, 0) is 6.18 Å². The third-order valence-electron chi connectivity index (χ3n) is 3.22. The molecule has 1 aromatic carbocycles. The second-order valence-electron chi connectivity index (χ2n) is 5.31. The number of benzene rings is 1. The Morgan fingerprint density at radius 3 is 2.30 bits per heavy atom. The van der Waals surface area contributed by atoms with Crippen LogP contribution in [0.3, 0.4) is 0 Å². The summed E-state index contributed by atoms with van der Waals surface area (Å²) in [7, 11) is 3.73. The molecule has 0 bridgehead atoms. The first-order chi connectivity index (χ1) is 9.08. The van der Waals surface area contributed by atoms with Crippen molar-refractivity contribution in [3.8, 4) is 11.8 Å². The van der Waals surface area contributed by atoms with Crippen LogP contribution in [-0.4, -0.2) is 31.1 Å². The van der Waals surface area contributed by atoms with E-state index >= 15 is 0 Å². The second-order valence-corrected chi connectivity index (χ2v) is 5.31. The summed E-state index contributed by atoms with van der Waals surface area (Å²) in [5.74, 6) is 0.103. The van der Waals surface area contributed by atoms with Crippen molar-refractivity contribution in [2.45, 2.75) is 25.6 Å². The molecule has 0 atom stereocenters. The van der Waals surface area contributed by atoms with Gasteiger partial charge in [0.1, 0.15) is 12.4 Å². The van der Waals surface area contributed by atoms with Gasteiger partial charge in [-0.3, -0.25) is 0 Å². The number of alkyl halides is 3. The molecule has 20 heavy (non-hydrogen) atoms. The minimum absolute atomic E-state index is 0.103. The highest BCUT2D eigenvalue weighted by atomic mass is 19.4. The molecule has 0 saturated heterocycles. The smallest absolute Gasteiger partial charge is 0.417 e. The Bertz CT molecular complexity index is 516. The van der Waals surface area contributed by atoms with E-state index in [0.29, 0.717) is 0 Å². The van der Waals surface area contributed by atoms with Gasteiger partial charge < -0.3 is 9.64 Å². The largest absolute Gasteiger partial charge is 0.492 e. The maximum Gasteiger partial charge on any atom is 0.417 e. The molecule has 0 aliphatic heterocycles. The van der Waals surface area contributed by atoms with Crippen molar-refractivity contribution < 1.29 is 17.9 Å². The fraction of sp³-hybridized carbons (Fsp3) is 0.500. The molecule has 0 fully saturated rings. The maximum atomic E-state index is 12.8.